The second-order valence-corrected chi connectivity index (χ2v) is 3.28. The Bertz CT molecular complexity index is 417. The molecule has 0 aliphatic rings. The van der Waals surface area contributed by atoms with E-state index in [1.54, 1.807) is 12.1 Å². The van der Waals surface area contributed by atoms with Crippen molar-refractivity contribution in [1.82, 2.24) is 9.78 Å². The van der Waals surface area contributed by atoms with Gasteiger partial charge in [0.2, 0.25) is 0 Å². The van der Waals surface area contributed by atoms with Gasteiger partial charge in [-0.25, -0.2) is 4.39 Å². The normalized spacial score (nSPS) is 10.4. The highest BCUT2D eigenvalue weighted by molar-refractivity contribution is 5.16. The molecule has 0 saturated heterocycles. The number of rotatable bonds is 2. The van der Waals surface area contributed by atoms with Gasteiger partial charge >= 0.3 is 0 Å². The summed E-state index contributed by atoms with van der Waals surface area (Å²) in [6.45, 7) is 2.63. The van der Waals surface area contributed by atoms with Crippen LogP contribution in [0.25, 0.3) is 0 Å². The van der Waals surface area contributed by atoms with Crippen LogP contribution in [0.4, 0.5) is 4.39 Å². The van der Waals surface area contributed by atoms with E-state index in [-0.39, 0.29) is 5.82 Å². The van der Waals surface area contributed by atoms with Crippen molar-refractivity contribution in [1.29, 1.82) is 0 Å². The molecule has 72 valence electrons. The fraction of sp³-hybridized carbons (Fsp3) is 0.182. The Morgan fingerprint density at radius 2 is 1.93 bits per heavy atom. The lowest BCUT2D eigenvalue weighted by Crippen LogP contribution is -2.00. The van der Waals surface area contributed by atoms with Crippen LogP contribution in [0.2, 0.25) is 0 Å². The lowest BCUT2D eigenvalue weighted by molar-refractivity contribution is 0.624. The van der Waals surface area contributed by atoms with E-state index in [0.717, 1.165) is 11.3 Å². The maximum atomic E-state index is 12.6. The predicted molar refractivity (Wildman–Crippen MR) is 52.5 cm³/mol. The summed E-state index contributed by atoms with van der Waals surface area (Å²) >= 11 is 0. The smallest absolute Gasteiger partial charge is 0.123 e. The number of hydrogen-bond donors (Lipinski definition) is 0. The fourth-order valence-corrected chi connectivity index (χ4v) is 1.33. The molecule has 2 aromatic rings. The van der Waals surface area contributed by atoms with E-state index in [1.165, 1.54) is 12.1 Å². The monoisotopic (exact) mass is 190 g/mol. The number of aryl methyl sites for hydroxylation is 1. The van der Waals surface area contributed by atoms with Gasteiger partial charge in [-0.3, -0.25) is 4.68 Å². The topological polar surface area (TPSA) is 17.8 Å². The first-order chi connectivity index (χ1) is 6.74. The molecule has 0 unspecified atom stereocenters. The zero-order valence-electron chi connectivity index (χ0n) is 7.94. The van der Waals surface area contributed by atoms with Crippen LogP contribution < -0.4 is 0 Å². The Labute approximate surface area is 82.0 Å². The minimum Gasteiger partial charge on any atom is -0.268 e. The molecule has 1 aromatic heterocycles. The van der Waals surface area contributed by atoms with Crippen molar-refractivity contribution in [3.63, 3.8) is 0 Å². The van der Waals surface area contributed by atoms with Crippen molar-refractivity contribution < 1.29 is 4.39 Å². The number of aromatic nitrogens is 2. The first-order valence-corrected chi connectivity index (χ1v) is 4.48. The average Bonchev–Trinajstić information content (AvgIpc) is 2.56. The molecule has 14 heavy (non-hydrogen) atoms. The highest BCUT2D eigenvalue weighted by Gasteiger charge is 1.96. The Morgan fingerprint density at radius 3 is 2.50 bits per heavy atom. The van der Waals surface area contributed by atoms with Crippen LogP contribution in [0.3, 0.4) is 0 Å². The third kappa shape index (κ3) is 1.99. The lowest BCUT2D eigenvalue weighted by atomic mass is 10.2. The second kappa shape index (κ2) is 3.62. The molecule has 0 aliphatic carbocycles. The number of nitrogens with zero attached hydrogens (tertiary/aromatic N) is 2. The van der Waals surface area contributed by atoms with E-state index in [0.29, 0.717) is 6.54 Å². The molecule has 0 saturated carbocycles. The molecular formula is C11H11FN2. The van der Waals surface area contributed by atoms with Gasteiger partial charge in [-0.2, -0.15) is 5.10 Å². The average molecular weight is 190 g/mol. The molecule has 2 rings (SSSR count). The third-order valence-corrected chi connectivity index (χ3v) is 2.03. The van der Waals surface area contributed by atoms with Crippen LogP contribution in [-0.4, -0.2) is 9.78 Å². The highest BCUT2D eigenvalue weighted by atomic mass is 19.1. The zero-order chi connectivity index (χ0) is 9.97. The van der Waals surface area contributed by atoms with Gasteiger partial charge in [0.05, 0.1) is 12.2 Å². The van der Waals surface area contributed by atoms with Gasteiger partial charge in [-0.1, -0.05) is 12.1 Å². The number of halogens is 1. The predicted octanol–water partition coefficient (Wildman–Crippen LogP) is 2.38. The van der Waals surface area contributed by atoms with E-state index in [2.05, 4.69) is 5.10 Å². The number of hydrogen-bond acceptors (Lipinski definition) is 1. The Kier molecular flexibility index (Phi) is 2.31. The molecule has 1 heterocycles. The maximum Gasteiger partial charge on any atom is 0.123 e. The highest BCUT2D eigenvalue weighted by Crippen LogP contribution is 2.05. The molecule has 3 heteroatoms. The first-order valence-electron chi connectivity index (χ1n) is 4.48. The molecule has 0 aliphatic heterocycles. The quantitative estimate of drug-likeness (QED) is 0.711. The van der Waals surface area contributed by atoms with Gasteiger partial charge in [0.1, 0.15) is 5.82 Å². The molecule has 0 atom stereocenters. The van der Waals surface area contributed by atoms with Crippen molar-refractivity contribution in [2.24, 2.45) is 0 Å². The Morgan fingerprint density at radius 1 is 1.21 bits per heavy atom. The summed E-state index contributed by atoms with van der Waals surface area (Å²) < 4.78 is 14.4. The van der Waals surface area contributed by atoms with E-state index in [1.807, 2.05) is 23.9 Å². The molecule has 0 amide bonds. The summed E-state index contributed by atoms with van der Waals surface area (Å²) in [5.41, 5.74) is 2.04. The molecule has 2 nitrogen and oxygen atoms in total. The van der Waals surface area contributed by atoms with Crippen LogP contribution in [0.15, 0.2) is 36.5 Å². The summed E-state index contributed by atoms with van der Waals surface area (Å²) in [7, 11) is 0. The van der Waals surface area contributed by atoms with Crippen LogP contribution in [0.5, 0.6) is 0 Å². The molecular weight excluding hydrogens is 179 g/mol. The van der Waals surface area contributed by atoms with Gasteiger partial charge in [0, 0.05) is 6.20 Å². The van der Waals surface area contributed by atoms with Crippen LogP contribution in [-0.2, 0) is 6.54 Å². The van der Waals surface area contributed by atoms with Crippen molar-refractivity contribution in [3.8, 4) is 0 Å². The maximum absolute atomic E-state index is 12.6. The fourth-order valence-electron chi connectivity index (χ4n) is 1.33. The minimum atomic E-state index is -0.203. The van der Waals surface area contributed by atoms with Crippen LogP contribution in [0.1, 0.15) is 11.3 Å². The van der Waals surface area contributed by atoms with Crippen molar-refractivity contribution in [2.75, 3.05) is 0 Å². The Balaban J connectivity index is 2.15. The van der Waals surface area contributed by atoms with E-state index < -0.39 is 0 Å². The van der Waals surface area contributed by atoms with Crippen LogP contribution >= 0.6 is 0 Å². The van der Waals surface area contributed by atoms with Gasteiger partial charge in [0.25, 0.3) is 0 Å². The molecule has 0 bridgehead atoms. The molecule has 0 spiro atoms. The second-order valence-electron chi connectivity index (χ2n) is 3.28. The van der Waals surface area contributed by atoms with E-state index in [4.69, 9.17) is 0 Å². The molecule has 1 aromatic carbocycles. The van der Waals surface area contributed by atoms with Gasteiger partial charge in [-0.15, -0.1) is 0 Å². The Hall–Kier alpha value is -1.64. The van der Waals surface area contributed by atoms with Crippen molar-refractivity contribution in [3.05, 3.63) is 53.6 Å². The molecule has 0 fully saturated rings. The van der Waals surface area contributed by atoms with E-state index >= 15 is 0 Å². The summed E-state index contributed by atoms with van der Waals surface area (Å²) in [5.74, 6) is -0.203. The van der Waals surface area contributed by atoms with E-state index in [9.17, 15) is 4.39 Å². The summed E-state index contributed by atoms with van der Waals surface area (Å²) in [6.07, 6.45) is 1.92. The van der Waals surface area contributed by atoms with Gasteiger partial charge < -0.3 is 0 Å². The SMILES string of the molecule is Cc1ccn(Cc2ccc(F)cc2)n1. The third-order valence-electron chi connectivity index (χ3n) is 2.03. The summed E-state index contributed by atoms with van der Waals surface area (Å²) in [5, 5.41) is 4.25. The van der Waals surface area contributed by atoms with Crippen molar-refractivity contribution >= 4 is 0 Å². The first kappa shape index (κ1) is 8.94. The molecule has 0 radical (unpaired) electrons. The van der Waals surface area contributed by atoms with Crippen LogP contribution in [0, 0.1) is 12.7 Å². The largest absolute Gasteiger partial charge is 0.268 e. The van der Waals surface area contributed by atoms with Crippen molar-refractivity contribution in [2.45, 2.75) is 13.5 Å². The van der Waals surface area contributed by atoms with Gasteiger partial charge in [0.15, 0.2) is 0 Å². The van der Waals surface area contributed by atoms with Gasteiger partial charge in [-0.05, 0) is 30.7 Å². The molecule has 0 N–H and O–H groups in total. The standard InChI is InChI=1S/C11H11FN2/c1-9-6-7-14(13-9)8-10-2-4-11(12)5-3-10/h2-7H,8H2,1H3. The zero-order valence-corrected chi connectivity index (χ0v) is 7.94. The minimum absolute atomic E-state index is 0.203. The lowest BCUT2D eigenvalue weighted by Gasteiger charge is -2.01. The number of benzene rings is 1. The summed E-state index contributed by atoms with van der Waals surface area (Å²) in [6, 6.07) is 8.42. The summed E-state index contributed by atoms with van der Waals surface area (Å²) in [4.78, 5) is 0.